The number of rotatable bonds is 9. The van der Waals surface area contributed by atoms with Crippen LogP contribution < -0.4 is 10.0 Å². The Balaban J connectivity index is 1.74. The number of benzene rings is 1. The molecule has 0 fully saturated rings. The Morgan fingerprint density at radius 3 is 2.38 bits per heavy atom. The summed E-state index contributed by atoms with van der Waals surface area (Å²) in [5.74, 6) is -7.25. The summed E-state index contributed by atoms with van der Waals surface area (Å²) in [6.07, 6.45) is -3.67. The first-order valence-corrected chi connectivity index (χ1v) is 14.5. The van der Waals surface area contributed by atoms with Crippen molar-refractivity contribution >= 4 is 50.9 Å². The number of nitrogens with zero attached hydrogens (tertiary/aromatic N) is 6. The number of aryl methyl sites for hydroxylation is 1. The molecule has 4 rings (SSSR count). The van der Waals surface area contributed by atoms with E-state index in [-0.39, 0.29) is 44.1 Å². The molecule has 0 unspecified atom stereocenters. The summed E-state index contributed by atoms with van der Waals surface area (Å²) >= 11 is 12.4. The van der Waals surface area contributed by atoms with E-state index < -0.39 is 46.2 Å². The van der Waals surface area contributed by atoms with Crippen molar-refractivity contribution in [3.8, 4) is 5.82 Å². The zero-order chi connectivity index (χ0) is 33.5. The topological polar surface area (TPSA) is 144 Å². The third-order valence-corrected chi connectivity index (χ3v) is 8.01. The number of aromatic nitrogens is 5. The first-order valence-electron chi connectivity index (χ1n) is 12.3. The fourth-order valence-corrected chi connectivity index (χ4v) is 4.84. The highest BCUT2D eigenvalue weighted by Gasteiger charge is 2.59. The van der Waals surface area contributed by atoms with E-state index in [2.05, 4.69) is 20.5 Å². The number of amides is 2. The Kier molecular flexibility index (Phi) is 9.26. The van der Waals surface area contributed by atoms with E-state index in [4.69, 9.17) is 23.2 Å². The number of carbonyl (C=O) groups excluding carboxylic acids is 2. The van der Waals surface area contributed by atoms with Gasteiger partial charge in [0.15, 0.2) is 5.82 Å². The van der Waals surface area contributed by atoms with E-state index in [1.807, 2.05) is 4.72 Å². The molecule has 0 atom stereocenters. The van der Waals surface area contributed by atoms with Gasteiger partial charge in [-0.25, -0.2) is 14.4 Å². The Morgan fingerprint density at radius 1 is 1.07 bits per heavy atom. The molecule has 2 N–H and O–H groups in total. The molecule has 1 aromatic carbocycles. The molecule has 0 aliphatic rings. The summed E-state index contributed by atoms with van der Waals surface area (Å²) in [6, 6.07) is 6.63. The summed E-state index contributed by atoms with van der Waals surface area (Å²) in [6.45, 7) is 1.03. The number of hydrogen-bond donors (Lipinski definition) is 2. The van der Waals surface area contributed by atoms with Crippen LogP contribution >= 0.6 is 23.2 Å². The van der Waals surface area contributed by atoms with Gasteiger partial charge in [-0.3, -0.25) is 14.3 Å². The second kappa shape index (κ2) is 12.3. The van der Waals surface area contributed by atoms with Crippen molar-refractivity contribution in [3.05, 3.63) is 87.0 Å². The van der Waals surface area contributed by atoms with Crippen LogP contribution in [-0.4, -0.2) is 69.4 Å². The van der Waals surface area contributed by atoms with Crippen molar-refractivity contribution in [3.63, 3.8) is 0 Å². The highest BCUT2D eigenvalue weighted by molar-refractivity contribution is 7.87. The van der Waals surface area contributed by atoms with Gasteiger partial charge in [0.05, 0.1) is 40.3 Å². The van der Waals surface area contributed by atoms with Gasteiger partial charge in [0, 0.05) is 31.5 Å². The third kappa shape index (κ3) is 7.08. The zero-order valence-corrected chi connectivity index (χ0v) is 25.5. The van der Waals surface area contributed by atoms with Crippen LogP contribution in [0.3, 0.4) is 0 Å². The number of hydrogen-bond acceptors (Lipinski definition) is 7. The molecule has 2 amide bonds. The molecule has 3 aromatic heterocycles. The maximum Gasteiger partial charge on any atom is 0.458 e. The lowest BCUT2D eigenvalue weighted by atomic mass is 10.1. The van der Waals surface area contributed by atoms with Crippen molar-refractivity contribution in [1.29, 1.82) is 0 Å². The largest absolute Gasteiger partial charge is 0.458 e. The van der Waals surface area contributed by atoms with Crippen LogP contribution in [0.5, 0.6) is 0 Å². The van der Waals surface area contributed by atoms with Gasteiger partial charge in [0.1, 0.15) is 5.69 Å². The van der Waals surface area contributed by atoms with E-state index in [1.54, 1.807) is 0 Å². The fraction of sp³-hybridized carbons (Fsp3) is 0.240. The lowest BCUT2D eigenvalue weighted by molar-refractivity contribution is -0.289. The van der Waals surface area contributed by atoms with Crippen LogP contribution in [0.4, 0.5) is 27.6 Å². The molecular weight excluding hydrogens is 674 g/mol. The highest BCUT2D eigenvalue weighted by atomic mass is 35.5. The lowest BCUT2D eigenvalue weighted by Gasteiger charge is -2.17. The van der Waals surface area contributed by atoms with Crippen molar-refractivity contribution in [2.24, 2.45) is 0 Å². The van der Waals surface area contributed by atoms with E-state index in [1.165, 1.54) is 51.5 Å². The van der Waals surface area contributed by atoms with E-state index in [9.17, 15) is 40.0 Å². The number of nitrogens with one attached hydrogen (secondary N) is 2. The van der Waals surface area contributed by atoms with Crippen molar-refractivity contribution in [2.45, 2.75) is 25.6 Å². The van der Waals surface area contributed by atoms with Gasteiger partial charge in [-0.2, -0.15) is 44.9 Å². The van der Waals surface area contributed by atoms with Gasteiger partial charge >= 0.3 is 22.3 Å². The molecule has 4 aromatic rings. The van der Waals surface area contributed by atoms with Crippen LogP contribution in [-0.2, 0) is 22.7 Å². The Bertz CT molecular complexity index is 1890. The smallest absolute Gasteiger partial charge is 0.320 e. The molecule has 45 heavy (non-hydrogen) atoms. The van der Waals surface area contributed by atoms with Crippen molar-refractivity contribution < 1.29 is 40.0 Å². The molecule has 0 aliphatic heterocycles. The van der Waals surface area contributed by atoms with E-state index in [0.717, 1.165) is 19.7 Å². The minimum absolute atomic E-state index is 0.0315. The van der Waals surface area contributed by atoms with Gasteiger partial charge in [-0.15, -0.1) is 0 Å². The fourth-order valence-electron chi connectivity index (χ4n) is 3.83. The number of carbonyl (C=O) groups is 2. The van der Waals surface area contributed by atoms with Crippen LogP contribution in [0.15, 0.2) is 48.9 Å². The monoisotopic (exact) mass is 694 g/mol. The van der Waals surface area contributed by atoms with Gasteiger partial charge in [-0.05, 0) is 42.8 Å². The predicted octanol–water partition coefficient (Wildman–Crippen LogP) is 4.57. The van der Waals surface area contributed by atoms with Crippen molar-refractivity contribution in [1.82, 2.24) is 33.6 Å². The number of halogens is 7. The quantitative estimate of drug-likeness (QED) is 0.244. The van der Waals surface area contributed by atoms with Crippen LogP contribution in [0.25, 0.3) is 5.82 Å². The number of pyridine rings is 1. The first kappa shape index (κ1) is 33.8. The molecule has 0 saturated heterocycles. The summed E-state index contributed by atoms with van der Waals surface area (Å²) < 4.78 is 94.9. The number of anilines is 1. The Hall–Kier alpha value is -4.13. The van der Waals surface area contributed by atoms with Crippen LogP contribution in [0.2, 0.25) is 10.0 Å². The average Bonchev–Trinajstić information content (AvgIpc) is 3.57. The second-order valence-electron chi connectivity index (χ2n) is 9.56. The van der Waals surface area contributed by atoms with Gasteiger partial charge in [0.2, 0.25) is 0 Å². The minimum atomic E-state index is -5.85. The van der Waals surface area contributed by atoms with Gasteiger partial charge < -0.3 is 5.32 Å². The standard InChI is InChI=1S/C25H21Cl2F5N8O4S/c1-13-7-15(26)8-17(22(41)37-45(43,44)38(2)3)20(13)35-23(42)19-9-16(36-40(19)21-18(27)5-4-6-33-21)12-39-11-14(10-34-39)24(28,29)25(30,31)32/h4-11H,12H2,1-3H3,(H,35,42)(H,37,41). The summed E-state index contributed by atoms with van der Waals surface area (Å²) in [5.41, 5.74) is -1.87. The summed E-state index contributed by atoms with van der Waals surface area (Å²) in [7, 11) is -1.86. The molecule has 0 radical (unpaired) electrons. The molecule has 0 spiro atoms. The molecule has 0 aliphatic carbocycles. The molecule has 12 nitrogen and oxygen atoms in total. The zero-order valence-electron chi connectivity index (χ0n) is 23.2. The normalized spacial score (nSPS) is 12.4. The number of alkyl halides is 5. The van der Waals surface area contributed by atoms with Gasteiger partial charge in [-0.1, -0.05) is 23.2 Å². The summed E-state index contributed by atoms with van der Waals surface area (Å²) in [4.78, 5) is 30.7. The van der Waals surface area contributed by atoms with Crippen LogP contribution in [0.1, 0.15) is 37.7 Å². The van der Waals surface area contributed by atoms with E-state index >= 15 is 0 Å². The maximum atomic E-state index is 13.8. The lowest BCUT2D eigenvalue weighted by Crippen LogP contribution is -2.39. The maximum absolute atomic E-state index is 13.8. The second-order valence-corrected chi connectivity index (χ2v) is 12.3. The summed E-state index contributed by atoms with van der Waals surface area (Å²) in [5, 5.41) is 10.4. The highest BCUT2D eigenvalue weighted by Crippen LogP contribution is 2.43. The molecule has 240 valence electrons. The molecule has 3 heterocycles. The van der Waals surface area contributed by atoms with Crippen molar-refractivity contribution in [2.75, 3.05) is 19.4 Å². The first-order chi connectivity index (χ1) is 20.8. The minimum Gasteiger partial charge on any atom is -0.320 e. The molecule has 0 saturated carbocycles. The van der Waals surface area contributed by atoms with Gasteiger partial charge in [0.25, 0.3) is 11.8 Å². The average molecular weight is 695 g/mol. The molecule has 20 heteroatoms. The Labute approximate surface area is 261 Å². The Morgan fingerprint density at radius 2 is 1.76 bits per heavy atom. The third-order valence-electron chi connectivity index (χ3n) is 6.09. The SMILES string of the molecule is Cc1cc(Cl)cc(C(=O)NS(=O)(=O)N(C)C)c1NC(=O)c1cc(Cn2cc(C(F)(F)C(F)(F)F)cn2)nn1-c1ncccc1Cl. The molecular formula is C25H21Cl2F5N8O4S. The van der Waals surface area contributed by atoms with Crippen LogP contribution in [0, 0.1) is 6.92 Å². The predicted molar refractivity (Wildman–Crippen MR) is 152 cm³/mol. The van der Waals surface area contributed by atoms with E-state index in [0.29, 0.717) is 12.4 Å². The molecule has 0 bridgehead atoms.